The number of aliphatic hydroxyl groups excluding tert-OH is 1. The van der Waals surface area contributed by atoms with E-state index in [-0.39, 0.29) is 36.7 Å². The van der Waals surface area contributed by atoms with Crippen LogP contribution in [0.3, 0.4) is 0 Å². The number of carbonyl (C=O) groups excluding carboxylic acids is 1. The molecule has 4 rings (SSSR count). The van der Waals surface area contributed by atoms with Crippen LogP contribution in [0.15, 0.2) is 36.9 Å². The Labute approximate surface area is 202 Å². The van der Waals surface area contributed by atoms with E-state index in [1.165, 1.54) is 6.33 Å². The highest BCUT2D eigenvalue weighted by Gasteiger charge is 2.35. The van der Waals surface area contributed by atoms with Gasteiger partial charge in [-0.3, -0.25) is 9.36 Å². The molecule has 1 unspecified atom stereocenters. The summed E-state index contributed by atoms with van der Waals surface area (Å²) < 4.78 is 13.3. The Bertz CT molecular complexity index is 1090. The number of nitrogens with two attached hydrogens (primary N) is 1. The number of benzene rings is 1. The molecule has 3 heterocycles. The standard InChI is InChI=1S/C16H23N5O3.C7H7ClO2/c1-9(2)4-12(22)23-6-11-5-10(3)16(24-11)21-8-20-13-14(17)18-7-19-15(13)21;8-6-3-1-5(2-4-6)7(9)10/h7-11,16H,4-6H2,1-3H3,(H2,17,18,19);1-4,7,9-10H/t10-,11?,16+;/m0./s1. The number of carbonyl (C=O) groups is 1. The van der Waals surface area contributed by atoms with Crippen LogP contribution in [-0.2, 0) is 14.3 Å². The second-order valence-electron chi connectivity index (χ2n) is 8.65. The van der Waals surface area contributed by atoms with E-state index in [1.807, 2.05) is 18.4 Å². The normalized spacial score (nSPS) is 19.9. The smallest absolute Gasteiger partial charge is 0.306 e. The molecule has 10 nitrogen and oxygen atoms in total. The number of aliphatic hydroxyl groups is 2. The van der Waals surface area contributed by atoms with Gasteiger partial charge in [-0.25, -0.2) is 15.0 Å². The second-order valence-corrected chi connectivity index (χ2v) is 9.09. The van der Waals surface area contributed by atoms with Crippen LogP contribution in [0.2, 0.25) is 5.02 Å². The highest BCUT2D eigenvalue weighted by Crippen LogP contribution is 2.36. The van der Waals surface area contributed by atoms with Gasteiger partial charge in [-0.1, -0.05) is 44.5 Å². The first-order valence-electron chi connectivity index (χ1n) is 11.0. The summed E-state index contributed by atoms with van der Waals surface area (Å²) in [6, 6.07) is 6.34. The van der Waals surface area contributed by atoms with Crippen LogP contribution in [0.25, 0.3) is 11.2 Å². The molecule has 0 saturated carbocycles. The highest BCUT2D eigenvalue weighted by atomic mass is 35.5. The van der Waals surface area contributed by atoms with Gasteiger partial charge in [-0.2, -0.15) is 0 Å². The van der Waals surface area contributed by atoms with Gasteiger partial charge < -0.3 is 25.4 Å². The third-order valence-corrected chi connectivity index (χ3v) is 5.54. The minimum absolute atomic E-state index is 0.127. The van der Waals surface area contributed by atoms with Crippen molar-refractivity contribution >= 4 is 34.6 Å². The molecular weight excluding hydrogens is 462 g/mol. The summed E-state index contributed by atoms with van der Waals surface area (Å²) in [6.45, 7) is 6.35. The number of nitrogens with zero attached hydrogens (tertiary/aromatic N) is 4. The number of hydrogen-bond donors (Lipinski definition) is 3. The molecule has 4 N–H and O–H groups in total. The molecule has 1 saturated heterocycles. The van der Waals surface area contributed by atoms with Crippen molar-refractivity contribution in [3.8, 4) is 0 Å². The maximum Gasteiger partial charge on any atom is 0.306 e. The van der Waals surface area contributed by atoms with E-state index in [4.69, 9.17) is 37.0 Å². The Balaban J connectivity index is 0.000000271. The van der Waals surface area contributed by atoms with Gasteiger partial charge in [0.1, 0.15) is 24.7 Å². The van der Waals surface area contributed by atoms with Crippen molar-refractivity contribution in [3.05, 3.63) is 47.5 Å². The average molecular weight is 492 g/mol. The maximum absolute atomic E-state index is 11.7. The lowest BCUT2D eigenvalue weighted by molar-refractivity contribution is -0.149. The molecule has 0 bridgehead atoms. The Morgan fingerprint density at radius 1 is 1.26 bits per heavy atom. The average Bonchev–Trinajstić information content (AvgIpc) is 3.36. The molecule has 3 atom stereocenters. The van der Waals surface area contributed by atoms with Crippen LogP contribution in [-0.4, -0.2) is 48.4 Å². The maximum atomic E-state index is 11.7. The van der Waals surface area contributed by atoms with Crippen LogP contribution < -0.4 is 5.73 Å². The van der Waals surface area contributed by atoms with Gasteiger partial charge >= 0.3 is 5.97 Å². The number of imidazole rings is 1. The summed E-state index contributed by atoms with van der Waals surface area (Å²) in [5.41, 5.74) is 7.49. The molecule has 0 radical (unpaired) electrons. The molecule has 184 valence electrons. The first-order chi connectivity index (χ1) is 16.2. The molecule has 2 aromatic heterocycles. The number of rotatable bonds is 6. The fraction of sp³-hybridized carbons (Fsp3) is 0.478. The van der Waals surface area contributed by atoms with Crippen LogP contribution in [0.5, 0.6) is 0 Å². The van der Waals surface area contributed by atoms with Crippen LogP contribution in [0, 0.1) is 11.8 Å². The lowest BCUT2D eigenvalue weighted by Gasteiger charge is -2.17. The van der Waals surface area contributed by atoms with Gasteiger partial charge in [0.2, 0.25) is 0 Å². The van der Waals surface area contributed by atoms with Gasteiger partial charge in [0.05, 0.1) is 12.4 Å². The lowest BCUT2D eigenvalue weighted by atomic mass is 10.1. The van der Waals surface area contributed by atoms with E-state index in [0.29, 0.717) is 34.0 Å². The molecule has 1 aliphatic heterocycles. The second kappa shape index (κ2) is 11.6. The van der Waals surface area contributed by atoms with Gasteiger partial charge in [0.15, 0.2) is 17.8 Å². The zero-order valence-corrected chi connectivity index (χ0v) is 20.1. The van der Waals surface area contributed by atoms with Gasteiger partial charge in [-0.15, -0.1) is 0 Å². The molecule has 11 heteroatoms. The fourth-order valence-corrected chi connectivity index (χ4v) is 3.76. The first kappa shape index (κ1) is 25.8. The number of nitrogen functional groups attached to an aromatic ring is 1. The first-order valence-corrected chi connectivity index (χ1v) is 11.4. The SMILES string of the molecule is CC(C)CC(=O)OCC1C[C@H](C)[C@H](n2cnc3c(N)ncnc32)O1.OC(O)c1ccc(Cl)cc1. The quantitative estimate of drug-likeness (QED) is 0.349. The highest BCUT2D eigenvalue weighted by molar-refractivity contribution is 6.30. The number of hydrogen-bond acceptors (Lipinski definition) is 9. The minimum atomic E-state index is -1.41. The number of halogens is 1. The van der Waals surface area contributed by atoms with Crippen molar-refractivity contribution in [2.75, 3.05) is 12.3 Å². The largest absolute Gasteiger partial charge is 0.463 e. The van der Waals surface area contributed by atoms with Crippen LogP contribution in [0.4, 0.5) is 5.82 Å². The molecule has 0 amide bonds. The van der Waals surface area contributed by atoms with Gasteiger partial charge in [-0.05, 0) is 24.5 Å². The number of aromatic nitrogens is 4. The molecule has 1 aromatic carbocycles. The molecule has 0 spiro atoms. The predicted molar refractivity (Wildman–Crippen MR) is 126 cm³/mol. The number of esters is 1. The van der Waals surface area contributed by atoms with Gasteiger partial charge in [0, 0.05) is 22.9 Å². The third kappa shape index (κ3) is 6.63. The Hall–Kier alpha value is -2.79. The van der Waals surface area contributed by atoms with Crippen LogP contribution in [0.1, 0.15) is 51.7 Å². The lowest BCUT2D eigenvalue weighted by Crippen LogP contribution is -2.20. The summed E-state index contributed by atoms with van der Waals surface area (Å²) in [5, 5.41) is 17.8. The monoisotopic (exact) mass is 491 g/mol. The molecule has 1 aliphatic rings. The van der Waals surface area contributed by atoms with E-state index in [2.05, 4.69) is 21.9 Å². The molecule has 1 fully saturated rings. The Kier molecular flexibility index (Phi) is 8.78. The Morgan fingerprint density at radius 3 is 2.62 bits per heavy atom. The number of anilines is 1. The summed E-state index contributed by atoms with van der Waals surface area (Å²) >= 11 is 5.55. The van der Waals surface area contributed by atoms with Crippen molar-refractivity contribution in [3.63, 3.8) is 0 Å². The fourth-order valence-electron chi connectivity index (χ4n) is 3.63. The predicted octanol–water partition coefficient (Wildman–Crippen LogP) is 3.24. The molecule has 0 aliphatic carbocycles. The number of fused-ring (bicyclic) bond motifs is 1. The molecule has 34 heavy (non-hydrogen) atoms. The van der Waals surface area contributed by atoms with Crippen molar-refractivity contribution in [1.82, 2.24) is 19.5 Å². The summed E-state index contributed by atoms with van der Waals surface area (Å²) in [5.74, 6) is 0.699. The van der Waals surface area contributed by atoms with E-state index in [1.54, 1.807) is 30.6 Å². The summed E-state index contributed by atoms with van der Waals surface area (Å²) in [7, 11) is 0. The van der Waals surface area contributed by atoms with E-state index >= 15 is 0 Å². The Morgan fingerprint density at radius 2 is 1.97 bits per heavy atom. The topological polar surface area (TPSA) is 146 Å². The van der Waals surface area contributed by atoms with Crippen molar-refractivity contribution in [2.24, 2.45) is 11.8 Å². The summed E-state index contributed by atoms with van der Waals surface area (Å²) in [6.07, 6.45) is 2.58. The molecule has 3 aromatic rings. The van der Waals surface area contributed by atoms with Crippen molar-refractivity contribution < 1.29 is 24.5 Å². The van der Waals surface area contributed by atoms with E-state index < -0.39 is 6.29 Å². The van der Waals surface area contributed by atoms with Crippen molar-refractivity contribution in [1.29, 1.82) is 0 Å². The zero-order valence-electron chi connectivity index (χ0n) is 19.3. The minimum Gasteiger partial charge on any atom is -0.463 e. The third-order valence-electron chi connectivity index (χ3n) is 5.29. The van der Waals surface area contributed by atoms with Crippen molar-refractivity contribution in [2.45, 2.75) is 52.2 Å². The summed E-state index contributed by atoms with van der Waals surface area (Å²) in [4.78, 5) is 24.2. The number of ether oxygens (including phenoxy) is 2. The van der Waals surface area contributed by atoms with E-state index in [0.717, 1.165) is 6.42 Å². The van der Waals surface area contributed by atoms with Gasteiger partial charge in [0.25, 0.3) is 0 Å². The van der Waals surface area contributed by atoms with E-state index in [9.17, 15) is 4.79 Å². The van der Waals surface area contributed by atoms with Crippen LogP contribution >= 0.6 is 11.6 Å². The zero-order chi connectivity index (χ0) is 24.8. The molecular formula is C23H30ClN5O5.